The molecule has 3 aliphatic carbocycles. The summed E-state index contributed by atoms with van der Waals surface area (Å²) in [5, 5.41) is 41.5. The van der Waals surface area contributed by atoms with E-state index in [2.05, 4.69) is 36.1 Å². The Morgan fingerprint density at radius 2 is 1.64 bits per heavy atom. The Kier molecular flexibility index (Phi) is 19.9. The van der Waals surface area contributed by atoms with Crippen molar-refractivity contribution in [2.75, 3.05) is 26.8 Å². The fraction of sp³-hybridized carbons (Fsp3) is 0.500. The molecule has 10 rings (SSSR count). The van der Waals surface area contributed by atoms with Crippen LogP contribution in [0, 0.1) is 35.8 Å². The molecule has 5 heterocycles. The van der Waals surface area contributed by atoms with Crippen molar-refractivity contribution in [1.82, 2.24) is 25.1 Å². The largest absolute Gasteiger partial charge is 0.535 e. The van der Waals surface area contributed by atoms with Crippen LogP contribution in [0.15, 0.2) is 60.9 Å². The maximum Gasteiger partial charge on any atom is 0.526 e. The molecule has 3 unspecified atom stereocenters. The molecule has 3 saturated carbocycles. The van der Waals surface area contributed by atoms with Gasteiger partial charge in [0.2, 0.25) is 0 Å². The Balaban J connectivity index is 0.000000241. The summed E-state index contributed by atoms with van der Waals surface area (Å²) in [7, 11) is -0.838. The molecule has 5 fully saturated rings. The number of halogens is 3. The van der Waals surface area contributed by atoms with Crippen LogP contribution in [0.25, 0.3) is 0 Å². The zero-order valence-corrected chi connectivity index (χ0v) is 49.4. The van der Waals surface area contributed by atoms with E-state index in [4.69, 9.17) is 29.2 Å². The molecule has 2 saturated heterocycles. The third-order valence-electron chi connectivity index (χ3n) is 16.8. The maximum atomic E-state index is 14.9. The Labute approximate surface area is 497 Å². The zero-order valence-electron chi connectivity index (χ0n) is 48.6. The molecule has 2 aromatic carbocycles. The molecular weight excluding hydrogens is 1130 g/mol. The third-order valence-corrected chi connectivity index (χ3v) is 16.8. The summed E-state index contributed by atoms with van der Waals surface area (Å²) in [6.45, 7) is 14.7. The van der Waals surface area contributed by atoms with Gasteiger partial charge in [0, 0.05) is 49.8 Å². The summed E-state index contributed by atoms with van der Waals surface area (Å²) in [6, 6.07) is 6.04. The number of urea groups is 1. The van der Waals surface area contributed by atoms with Crippen molar-refractivity contribution in [2.24, 2.45) is 23.0 Å². The molecule has 7 N–H and O–H groups in total. The predicted octanol–water partition coefficient (Wildman–Crippen LogP) is 6.09. The molecule has 0 spiro atoms. The number of para-hydroxylation sites is 2. The second-order valence-corrected chi connectivity index (χ2v) is 23.9. The number of benzene rings is 2. The Morgan fingerprint density at radius 3 is 2.26 bits per heavy atom. The van der Waals surface area contributed by atoms with Crippen molar-refractivity contribution in [2.45, 2.75) is 141 Å². The van der Waals surface area contributed by atoms with Crippen molar-refractivity contribution < 1.29 is 86.1 Å². The van der Waals surface area contributed by atoms with E-state index in [1.807, 2.05) is 6.07 Å². The number of imide groups is 1. The number of piperazine rings is 1. The average Bonchev–Trinajstić information content (AvgIpc) is 1.74. The number of nitrogens with two attached hydrogens (primary N) is 1. The van der Waals surface area contributed by atoms with Crippen molar-refractivity contribution in [3.05, 3.63) is 112 Å². The van der Waals surface area contributed by atoms with E-state index >= 15 is 0 Å². The molecule has 2 aromatic heterocycles. The number of ether oxygens (including phenoxy) is 2. The molecule has 3 aliphatic heterocycles. The van der Waals surface area contributed by atoms with Gasteiger partial charge in [0.25, 0.3) is 0 Å². The number of pyridine rings is 2. The van der Waals surface area contributed by atoms with Gasteiger partial charge in [0.15, 0.2) is 17.4 Å². The number of methoxy groups -OCH3 is 1. The highest BCUT2D eigenvalue weighted by Crippen LogP contribution is 2.66. The highest BCUT2D eigenvalue weighted by Gasteiger charge is 2.68. The van der Waals surface area contributed by atoms with Gasteiger partial charge in [-0.3, -0.25) is 29.1 Å². The number of aliphatic hydroxyl groups excluding tert-OH is 1. The first-order valence-electron chi connectivity index (χ1n) is 27.7. The number of esters is 1. The number of fused-ring (bicyclic) bond motifs is 1. The Bertz CT molecular complexity index is 3250. The lowest BCUT2D eigenvalue weighted by Crippen LogP contribution is -2.65. The van der Waals surface area contributed by atoms with Gasteiger partial charge in [-0.05, 0) is 119 Å². The van der Waals surface area contributed by atoms with Crippen LogP contribution < -0.4 is 20.4 Å². The zero-order chi connectivity index (χ0) is 61.5. The Morgan fingerprint density at radius 1 is 0.965 bits per heavy atom. The van der Waals surface area contributed by atoms with E-state index < -0.39 is 127 Å². The maximum absolute atomic E-state index is 14.9. The van der Waals surface area contributed by atoms with E-state index in [-0.39, 0.29) is 72.6 Å². The van der Waals surface area contributed by atoms with Gasteiger partial charge in [-0.15, -0.1) is 12.4 Å². The summed E-state index contributed by atoms with van der Waals surface area (Å²) in [5.41, 5.74) is 6.41. The number of carbonyl (C=O) groups excluding carboxylic acids is 6. The molecule has 22 nitrogen and oxygen atoms in total. The second-order valence-electron chi connectivity index (χ2n) is 23.9. The first-order chi connectivity index (χ1) is 39.5. The molecule has 4 amide bonds. The van der Waals surface area contributed by atoms with E-state index in [9.17, 15) is 62.7 Å². The monoisotopic (exact) mass is 1200 g/mol. The number of likely N-dealkylation sites (N-methyl/N-ethyl adjacent to an activating group) is 1. The SMILES string of the molecule is CCN1C[C@H](CO)N(C(=O)NC(C(=O)C[C@H]2Cc3cccc(C(=O)O)c3OB2O)c2ncc(O)cc2F)C(=O)C1=O.COc1c(C[C@H](CC(=O)C(N)c2ncc(C)cc2F)B2OC3C[C@@H]4C[C@@H](C4(C)C)[C@]3(C)O2)cccc1C(=O)OC(C)(C)C.Cl. The number of carbonyl (C=O) groups is 7. The van der Waals surface area contributed by atoms with Crippen molar-refractivity contribution in [3.8, 4) is 17.2 Å². The summed E-state index contributed by atoms with van der Waals surface area (Å²) in [4.78, 5) is 99.5. The van der Waals surface area contributed by atoms with E-state index in [0.717, 1.165) is 23.9 Å². The van der Waals surface area contributed by atoms with Gasteiger partial charge in [-0.25, -0.2) is 28.1 Å². The van der Waals surface area contributed by atoms with Gasteiger partial charge < -0.3 is 59.7 Å². The lowest BCUT2D eigenvalue weighted by Gasteiger charge is -2.64. The number of carboxylic acids is 1. The third kappa shape index (κ3) is 13.5. The number of aliphatic hydroxyl groups is 1. The number of aromatic nitrogens is 2. The van der Waals surface area contributed by atoms with Gasteiger partial charge in [-0.2, -0.15) is 0 Å². The van der Waals surface area contributed by atoms with Crippen LogP contribution in [0.4, 0.5) is 13.6 Å². The van der Waals surface area contributed by atoms with Gasteiger partial charge in [0.05, 0.1) is 43.2 Å². The number of ketones is 2. The number of aryl methyl sites for hydroxylation is 1. The first kappa shape index (κ1) is 65.5. The quantitative estimate of drug-likeness (QED) is 0.0396. The van der Waals surface area contributed by atoms with Crippen molar-refractivity contribution >= 4 is 68.0 Å². The number of hydrogen-bond acceptors (Lipinski definition) is 18. The smallest absolute Gasteiger partial charge is 0.526 e. The highest BCUT2D eigenvalue weighted by atomic mass is 35.5. The number of amides is 4. The standard InChI is InChI=1S/C33H44BFN2O6.C25H26BFN4O10.ClH/c1-18-12-23(35)28(37-17-18)27(36)24(38)16-21(34-42-26-15-20-14-25(32(20,5)6)33(26,7)43-34)13-19-10-9-11-22(29(19)40-8)30(39)41-31(2,3)4;1-2-30-10-14(11-32)31(23(36)22(30)35)25(39)29-20(19-17(27)8-15(33)9-28-19)18(34)7-13-6-12-4-3-5-16(24(37)38)21(12)41-26(13)40;/h9-12,17,20-21,25-27H,13-16,36H2,1-8H3;3-5,8-9,13-14,20,32-33,40H,2,6-7,10-11H2,1H3,(H,29,39)(H,37,38);1H/t20-,21+,25-,26?,27?,33-;13-,14-,20?;/m01./s1. The predicted molar refractivity (Wildman–Crippen MR) is 305 cm³/mol. The van der Waals surface area contributed by atoms with Crippen LogP contribution in [-0.2, 0) is 46.1 Å². The molecular formula is C58H71B2ClF2N6O16. The van der Waals surface area contributed by atoms with E-state index in [0.29, 0.717) is 57.2 Å². The number of hydrogen-bond donors (Lipinski definition) is 6. The van der Waals surface area contributed by atoms with E-state index in [1.54, 1.807) is 52.8 Å². The fourth-order valence-corrected chi connectivity index (χ4v) is 12.3. The fourth-order valence-electron chi connectivity index (χ4n) is 12.3. The normalized spacial score (nSPS) is 23.1. The van der Waals surface area contributed by atoms with Gasteiger partial charge >= 0.3 is 44.0 Å². The van der Waals surface area contributed by atoms with Gasteiger partial charge in [-0.1, -0.05) is 38.1 Å². The number of aromatic hydroxyl groups is 1. The minimum absolute atomic E-state index is 0. The molecule has 85 heavy (non-hydrogen) atoms. The van der Waals surface area contributed by atoms with Crippen LogP contribution in [0.2, 0.25) is 11.6 Å². The van der Waals surface area contributed by atoms with Crippen LogP contribution in [-0.4, -0.2) is 146 Å². The Hall–Kier alpha value is -7.09. The molecule has 9 atom stereocenters. The number of Topliss-reactive ketones (excluding diaryl/α,β-unsaturated/α-hetero) is 2. The van der Waals surface area contributed by atoms with Crippen LogP contribution in [0.1, 0.15) is 135 Å². The van der Waals surface area contributed by atoms with Crippen LogP contribution >= 0.6 is 12.4 Å². The summed E-state index contributed by atoms with van der Waals surface area (Å²) < 4.78 is 59.8. The topological polar surface area (TPSA) is 317 Å². The van der Waals surface area contributed by atoms with Crippen LogP contribution in [0.5, 0.6) is 17.2 Å². The molecule has 27 heteroatoms. The van der Waals surface area contributed by atoms with Crippen molar-refractivity contribution in [1.29, 1.82) is 0 Å². The second kappa shape index (κ2) is 25.9. The molecule has 456 valence electrons. The molecule has 6 aliphatic rings. The minimum atomic E-state index is -1.85. The number of nitrogens with one attached hydrogen (secondary N) is 1. The molecule has 0 radical (unpaired) electrons. The minimum Gasteiger partial charge on any atom is -0.535 e. The van der Waals surface area contributed by atoms with Gasteiger partial charge in [0.1, 0.15) is 57.7 Å². The number of carboxylic acid groups (broad SMARTS) is 1. The molecule has 2 bridgehead atoms. The molecule has 4 aromatic rings. The summed E-state index contributed by atoms with van der Waals surface area (Å²) >= 11 is 0. The van der Waals surface area contributed by atoms with Crippen LogP contribution in [0.3, 0.4) is 0 Å². The summed E-state index contributed by atoms with van der Waals surface area (Å²) in [5.74, 6) is -7.90. The lowest BCUT2D eigenvalue weighted by atomic mass is 9.43. The highest BCUT2D eigenvalue weighted by molar-refractivity contribution is 6.48. The van der Waals surface area contributed by atoms with Crippen molar-refractivity contribution in [3.63, 3.8) is 0 Å². The first-order valence-corrected chi connectivity index (χ1v) is 27.7. The van der Waals surface area contributed by atoms with E-state index in [1.165, 1.54) is 31.5 Å². The summed E-state index contributed by atoms with van der Waals surface area (Å²) in [6.07, 6.45) is 3.96. The number of nitrogens with zero attached hydrogens (tertiary/aromatic N) is 4. The lowest BCUT2D eigenvalue weighted by molar-refractivity contribution is -0.199. The average molecular weight is 1200 g/mol. The number of rotatable bonds is 17. The number of aromatic carboxylic acids is 1.